The molecule has 1 fully saturated rings. The SMILES string of the molecule is CC1(C(=O)O)CCCN(C(=O)Nc2nnns2)C1. The number of rotatable bonds is 2. The van der Waals surface area contributed by atoms with Gasteiger partial charge in [0.2, 0.25) is 5.13 Å². The summed E-state index contributed by atoms with van der Waals surface area (Å²) in [6.45, 7) is 2.39. The molecule has 1 aliphatic rings. The van der Waals surface area contributed by atoms with Crippen LogP contribution in [-0.4, -0.2) is 49.9 Å². The molecule has 2 heterocycles. The van der Waals surface area contributed by atoms with Gasteiger partial charge in [-0.05, 0) is 25.0 Å². The highest BCUT2D eigenvalue weighted by molar-refractivity contribution is 7.09. The smallest absolute Gasteiger partial charge is 0.323 e. The maximum atomic E-state index is 11.9. The largest absolute Gasteiger partial charge is 0.481 e. The average molecular weight is 271 g/mol. The molecular formula is C9H13N5O3S. The summed E-state index contributed by atoms with van der Waals surface area (Å²) >= 11 is 0.974. The van der Waals surface area contributed by atoms with Gasteiger partial charge in [-0.15, -0.1) is 0 Å². The van der Waals surface area contributed by atoms with E-state index >= 15 is 0 Å². The molecule has 2 amide bonds. The highest BCUT2D eigenvalue weighted by atomic mass is 32.1. The van der Waals surface area contributed by atoms with Crippen LogP contribution in [-0.2, 0) is 4.79 Å². The van der Waals surface area contributed by atoms with E-state index in [1.807, 2.05) is 0 Å². The molecule has 0 radical (unpaired) electrons. The van der Waals surface area contributed by atoms with Crippen molar-refractivity contribution >= 4 is 28.7 Å². The number of carbonyl (C=O) groups is 2. The maximum absolute atomic E-state index is 11.9. The van der Waals surface area contributed by atoms with Gasteiger partial charge < -0.3 is 10.0 Å². The lowest BCUT2D eigenvalue weighted by molar-refractivity contribution is -0.150. The second-order valence-electron chi connectivity index (χ2n) is 4.49. The molecular weight excluding hydrogens is 258 g/mol. The van der Waals surface area contributed by atoms with Crippen LogP contribution in [0.3, 0.4) is 0 Å². The molecule has 18 heavy (non-hydrogen) atoms. The summed E-state index contributed by atoms with van der Waals surface area (Å²) in [5, 5.41) is 19.0. The molecule has 0 aromatic carbocycles. The average Bonchev–Trinajstić information content (AvgIpc) is 2.81. The molecule has 0 spiro atoms. The van der Waals surface area contributed by atoms with Crippen molar-refractivity contribution in [1.82, 2.24) is 19.7 Å². The third-order valence-electron chi connectivity index (χ3n) is 3.01. The molecule has 0 bridgehead atoms. The zero-order valence-electron chi connectivity index (χ0n) is 9.79. The van der Waals surface area contributed by atoms with Gasteiger partial charge in [-0.1, -0.05) is 9.59 Å². The minimum Gasteiger partial charge on any atom is -0.481 e. The molecule has 2 rings (SSSR count). The molecule has 1 aliphatic heterocycles. The predicted molar refractivity (Wildman–Crippen MR) is 63.3 cm³/mol. The van der Waals surface area contributed by atoms with Crippen molar-refractivity contribution in [3.8, 4) is 0 Å². The summed E-state index contributed by atoms with van der Waals surface area (Å²) in [6, 6.07) is -0.360. The molecule has 9 heteroatoms. The van der Waals surface area contributed by atoms with Gasteiger partial charge in [-0.3, -0.25) is 10.1 Å². The first kappa shape index (κ1) is 12.7. The fourth-order valence-corrected chi connectivity index (χ4v) is 2.30. The molecule has 1 aromatic rings. The van der Waals surface area contributed by atoms with Crippen molar-refractivity contribution in [3.63, 3.8) is 0 Å². The summed E-state index contributed by atoms with van der Waals surface area (Å²) in [6.07, 6.45) is 1.25. The number of urea groups is 1. The number of likely N-dealkylation sites (tertiary alicyclic amines) is 1. The van der Waals surface area contributed by atoms with E-state index in [0.717, 1.165) is 11.5 Å². The molecule has 1 saturated heterocycles. The molecule has 1 atom stereocenters. The van der Waals surface area contributed by atoms with Crippen molar-refractivity contribution in [2.45, 2.75) is 19.8 Å². The number of amides is 2. The van der Waals surface area contributed by atoms with Gasteiger partial charge in [0.25, 0.3) is 0 Å². The van der Waals surface area contributed by atoms with Gasteiger partial charge in [0.05, 0.1) is 5.41 Å². The van der Waals surface area contributed by atoms with Crippen LogP contribution in [0.1, 0.15) is 19.8 Å². The van der Waals surface area contributed by atoms with E-state index in [0.29, 0.717) is 24.5 Å². The van der Waals surface area contributed by atoms with Crippen LogP contribution < -0.4 is 5.32 Å². The van der Waals surface area contributed by atoms with E-state index in [-0.39, 0.29) is 12.6 Å². The van der Waals surface area contributed by atoms with Gasteiger partial charge >= 0.3 is 12.0 Å². The number of carboxylic acids is 1. The predicted octanol–water partition coefficient (Wildman–Crippen LogP) is 0.652. The molecule has 0 saturated carbocycles. The van der Waals surface area contributed by atoms with Gasteiger partial charge in [-0.2, -0.15) is 0 Å². The van der Waals surface area contributed by atoms with E-state index in [9.17, 15) is 9.59 Å². The number of hydrogen-bond donors (Lipinski definition) is 2. The minimum absolute atomic E-state index is 0.195. The fourth-order valence-electron chi connectivity index (χ4n) is 1.94. The Hall–Kier alpha value is -1.77. The molecule has 0 aliphatic carbocycles. The van der Waals surface area contributed by atoms with Crippen LogP contribution in [0.4, 0.5) is 9.93 Å². The lowest BCUT2D eigenvalue weighted by atomic mass is 9.82. The summed E-state index contributed by atoms with van der Waals surface area (Å²) < 4.78 is 3.53. The van der Waals surface area contributed by atoms with Gasteiger partial charge in [0.1, 0.15) is 0 Å². The summed E-state index contributed by atoms with van der Waals surface area (Å²) in [5.41, 5.74) is -0.880. The number of carboxylic acid groups (broad SMARTS) is 1. The Bertz CT molecular complexity index is 451. The van der Waals surface area contributed by atoms with Gasteiger partial charge in [0, 0.05) is 24.6 Å². The highest BCUT2D eigenvalue weighted by Crippen LogP contribution is 2.29. The Balaban J connectivity index is 2.00. The number of aromatic nitrogens is 3. The molecule has 2 N–H and O–H groups in total. The second-order valence-corrected chi connectivity index (χ2v) is 5.22. The third kappa shape index (κ3) is 2.55. The monoisotopic (exact) mass is 271 g/mol. The zero-order chi connectivity index (χ0) is 13.2. The van der Waals surface area contributed by atoms with Crippen molar-refractivity contribution in [2.75, 3.05) is 18.4 Å². The Morgan fingerprint density at radius 2 is 2.33 bits per heavy atom. The zero-order valence-corrected chi connectivity index (χ0v) is 10.6. The normalized spacial score (nSPS) is 23.7. The topological polar surface area (TPSA) is 108 Å². The highest BCUT2D eigenvalue weighted by Gasteiger charge is 2.39. The van der Waals surface area contributed by atoms with Crippen molar-refractivity contribution in [2.24, 2.45) is 5.41 Å². The second kappa shape index (κ2) is 4.84. The maximum Gasteiger partial charge on any atom is 0.323 e. The van der Waals surface area contributed by atoms with E-state index in [1.54, 1.807) is 6.92 Å². The molecule has 1 unspecified atom stereocenters. The first-order valence-electron chi connectivity index (χ1n) is 5.46. The first-order chi connectivity index (χ1) is 8.51. The molecule has 8 nitrogen and oxygen atoms in total. The quantitative estimate of drug-likeness (QED) is 0.817. The fraction of sp³-hybridized carbons (Fsp3) is 0.667. The van der Waals surface area contributed by atoms with Gasteiger partial charge in [-0.25, -0.2) is 4.79 Å². The lowest BCUT2D eigenvalue weighted by Crippen LogP contribution is -2.49. The van der Waals surface area contributed by atoms with Crippen LogP contribution >= 0.6 is 11.5 Å². The molecule has 1 aromatic heterocycles. The standard InChI is InChI=1S/C9H13N5O3S/c1-9(6(15)16)3-2-4-14(5-9)8(17)10-7-11-12-13-18-7/h2-5H2,1H3,(H,15,16)(H,10,11,13,17). The first-order valence-corrected chi connectivity index (χ1v) is 6.23. The number of nitrogens with one attached hydrogen (secondary N) is 1. The summed E-state index contributed by atoms with van der Waals surface area (Å²) in [7, 11) is 0. The minimum atomic E-state index is -0.880. The van der Waals surface area contributed by atoms with Crippen molar-refractivity contribution in [1.29, 1.82) is 0 Å². The number of piperidine rings is 1. The Labute approximate surface area is 107 Å². The summed E-state index contributed by atoms with van der Waals surface area (Å²) in [4.78, 5) is 24.6. The number of nitrogens with zero attached hydrogens (tertiary/aromatic N) is 4. The van der Waals surface area contributed by atoms with E-state index < -0.39 is 11.4 Å². The van der Waals surface area contributed by atoms with E-state index in [1.165, 1.54) is 4.90 Å². The molecule has 98 valence electrons. The number of hydrogen-bond acceptors (Lipinski definition) is 6. The van der Waals surface area contributed by atoms with Crippen LogP contribution in [0.25, 0.3) is 0 Å². The number of anilines is 1. The van der Waals surface area contributed by atoms with Crippen molar-refractivity contribution < 1.29 is 14.7 Å². The van der Waals surface area contributed by atoms with Crippen LogP contribution in [0, 0.1) is 5.41 Å². The number of aliphatic carboxylic acids is 1. The Kier molecular flexibility index (Phi) is 3.41. The van der Waals surface area contributed by atoms with Gasteiger partial charge in [0.15, 0.2) is 0 Å². The van der Waals surface area contributed by atoms with Crippen LogP contribution in [0.5, 0.6) is 0 Å². The van der Waals surface area contributed by atoms with Crippen LogP contribution in [0.15, 0.2) is 0 Å². The van der Waals surface area contributed by atoms with Crippen LogP contribution in [0.2, 0.25) is 0 Å². The lowest BCUT2D eigenvalue weighted by Gasteiger charge is -2.37. The van der Waals surface area contributed by atoms with E-state index in [4.69, 9.17) is 5.11 Å². The third-order valence-corrected chi connectivity index (χ3v) is 3.52. The number of carbonyl (C=O) groups excluding carboxylic acids is 1. The Morgan fingerprint density at radius 1 is 1.56 bits per heavy atom. The van der Waals surface area contributed by atoms with Crippen molar-refractivity contribution in [3.05, 3.63) is 0 Å². The Morgan fingerprint density at radius 3 is 2.94 bits per heavy atom. The van der Waals surface area contributed by atoms with E-state index in [2.05, 4.69) is 20.1 Å². The summed E-state index contributed by atoms with van der Waals surface area (Å²) in [5.74, 6) is -0.877.